The number of halogens is 1. The van der Waals surface area contributed by atoms with E-state index in [0.717, 1.165) is 55.1 Å². The summed E-state index contributed by atoms with van der Waals surface area (Å²) in [5.74, 6) is 4.16. The maximum atomic E-state index is 18.0. The van der Waals surface area contributed by atoms with Crippen molar-refractivity contribution in [2.45, 2.75) is 141 Å². The van der Waals surface area contributed by atoms with Crippen LogP contribution in [0.1, 0.15) is 106 Å². The maximum Gasteiger partial charge on any atom is 0.410 e. The summed E-state index contributed by atoms with van der Waals surface area (Å²) < 4.78 is 41.9. The van der Waals surface area contributed by atoms with Gasteiger partial charge in [-0.05, 0) is 105 Å². The molecule has 5 fully saturated rings. The predicted molar refractivity (Wildman–Crippen MR) is 258 cm³/mol. The number of piperazine rings is 1. The lowest BCUT2D eigenvalue weighted by molar-refractivity contribution is 0.0122. The molecule has 9 rings (SSSR count). The third-order valence-corrected chi connectivity index (χ3v) is 21.5. The van der Waals surface area contributed by atoms with E-state index in [1.165, 1.54) is 18.4 Å². The summed E-state index contributed by atoms with van der Waals surface area (Å²) in [6, 6.07) is 9.76. The zero-order valence-electron chi connectivity index (χ0n) is 40.1. The molecular weight excluding hydrogens is 836 g/mol. The molecule has 4 aliphatic heterocycles. The number of fused-ring (bicyclic) bond motifs is 5. The zero-order chi connectivity index (χ0) is 46.2. The maximum absolute atomic E-state index is 18.0. The van der Waals surface area contributed by atoms with Crippen molar-refractivity contribution in [1.29, 1.82) is 0 Å². The van der Waals surface area contributed by atoms with E-state index in [-0.39, 0.29) is 47.7 Å². The summed E-state index contributed by atoms with van der Waals surface area (Å²) in [7, 11) is -0.551. The average molecular weight is 903 g/mol. The Kier molecular flexibility index (Phi) is 11.8. The second kappa shape index (κ2) is 16.8. The lowest BCUT2D eigenvalue weighted by atomic mass is 9.88. The van der Waals surface area contributed by atoms with Crippen LogP contribution in [0.2, 0.25) is 16.6 Å². The van der Waals surface area contributed by atoms with Crippen LogP contribution in [0, 0.1) is 22.7 Å². The SMILES string of the molecule is C=C1CN2CC3(CC3)CC2(COc2nc(N3C[C@H]4CC[C@@H](C3)N4C(=O)OC(C)(C)C)c3cnc(-c4cc(OCOC)cc5cccc(C#C[Si](C(C)C)(C(C)C)C(C)C)c45)c(F)c3n2)C1. The molecule has 5 aliphatic rings. The molecule has 0 N–H and O–H groups in total. The van der Waals surface area contributed by atoms with Crippen molar-refractivity contribution >= 4 is 41.7 Å². The number of rotatable bonds is 11. The van der Waals surface area contributed by atoms with Crippen LogP contribution in [-0.2, 0) is 9.47 Å². The highest BCUT2D eigenvalue weighted by atomic mass is 28.3. The summed E-state index contributed by atoms with van der Waals surface area (Å²) in [4.78, 5) is 35.1. The van der Waals surface area contributed by atoms with E-state index in [2.05, 4.69) is 69.4 Å². The first kappa shape index (κ1) is 45.4. The van der Waals surface area contributed by atoms with E-state index < -0.39 is 19.5 Å². The van der Waals surface area contributed by atoms with E-state index in [1.54, 1.807) is 13.3 Å². The van der Waals surface area contributed by atoms with E-state index in [4.69, 9.17) is 33.9 Å². The molecular formula is C52H67FN6O5Si. The molecule has 4 saturated heterocycles. The molecule has 1 aliphatic carbocycles. The Bertz CT molecular complexity index is 2560. The third kappa shape index (κ3) is 8.26. The van der Waals surface area contributed by atoms with Crippen molar-refractivity contribution in [3.05, 3.63) is 60.1 Å². The summed E-state index contributed by atoms with van der Waals surface area (Å²) in [5, 5.41) is 2.13. The van der Waals surface area contributed by atoms with Gasteiger partial charge >= 0.3 is 12.1 Å². The Morgan fingerprint density at radius 2 is 1.72 bits per heavy atom. The molecule has 2 aromatic carbocycles. The molecule has 3 atom stereocenters. The van der Waals surface area contributed by atoms with Gasteiger partial charge in [0.05, 0.1) is 23.0 Å². The van der Waals surface area contributed by atoms with Crippen LogP contribution in [0.4, 0.5) is 15.0 Å². The molecule has 0 radical (unpaired) electrons. The fraction of sp³-hybridized carbons (Fsp3) is 0.577. The van der Waals surface area contributed by atoms with Crippen LogP contribution in [0.25, 0.3) is 32.9 Å². The predicted octanol–water partition coefficient (Wildman–Crippen LogP) is 10.7. The second-order valence-electron chi connectivity index (χ2n) is 21.7. The first-order valence-electron chi connectivity index (χ1n) is 23.7. The normalized spacial score (nSPS) is 22.7. The molecule has 1 unspecified atom stereocenters. The number of anilines is 1. The smallest absolute Gasteiger partial charge is 0.410 e. The number of methoxy groups -OCH3 is 1. The topological polar surface area (TPSA) is 102 Å². The summed E-state index contributed by atoms with van der Waals surface area (Å²) in [6.07, 6.45) is 7.45. The summed E-state index contributed by atoms with van der Waals surface area (Å²) >= 11 is 0. The Morgan fingerprint density at radius 3 is 2.37 bits per heavy atom. The van der Waals surface area contributed by atoms with Crippen molar-refractivity contribution in [3.63, 3.8) is 0 Å². The highest BCUT2D eigenvalue weighted by molar-refractivity contribution is 6.90. The van der Waals surface area contributed by atoms with Gasteiger partial charge in [0.2, 0.25) is 0 Å². The van der Waals surface area contributed by atoms with Crippen molar-refractivity contribution in [3.8, 4) is 34.5 Å². The van der Waals surface area contributed by atoms with Gasteiger partial charge in [0.15, 0.2) is 12.6 Å². The zero-order valence-corrected chi connectivity index (χ0v) is 41.1. The Labute approximate surface area is 385 Å². The molecule has 6 heterocycles. The summed E-state index contributed by atoms with van der Waals surface area (Å²) in [5.41, 5.74) is 7.61. The van der Waals surface area contributed by atoms with Gasteiger partial charge in [0, 0.05) is 56.0 Å². The van der Waals surface area contributed by atoms with E-state index >= 15 is 4.39 Å². The number of nitrogens with zero attached hydrogens (tertiary/aromatic N) is 6. The average Bonchev–Trinajstić information content (AvgIpc) is 3.73. The van der Waals surface area contributed by atoms with Crippen molar-refractivity contribution in [2.75, 3.05) is 51.6 Å². The third-order valence-electron chi connectivity index (χ3n) is 15.2. The van der Waals surface area contributed by atoms with Crippen LogP contribution in [0.3, 0.4) is 0 Å². The lowest BCUT2D eigenvalue weighted by Crippen LogP contribution is -2.57. The van der Waals surface area contributed by atoms with Gasteiger partial charge in [-0.2, -0.15) is 9.97 Å². The van der Waals surface area contributed by atoms with Gasteiger partial charge in [0.1, 0.15) is 43.1 Å². The molecule has 2 aromatic heterocycles. The van der Waals surface area contributed by atoms with Gasteiger partial charge < -0.3 is 23.8 Å². The molecule has 346 valence electrons. The molecule has 2 bridgehead atoms. The highest BCUT2D eigenvalue weighted by Crippen LogP contribution is 2.61. The molecule has 1 spiro atoms. The number of hydrogen-bond acceptors (Lipinski definition) is 10. The number of amides is 1. The number of pyridine rings is 1. The number of carbonyl (C=O) groups excluding carboxylic acids is 1. The first-order valence-corrected chi connectivity index (χ1v) is 26.0. The number of benzene rings is 2. The van der Waals surface area contributed by atoms with Gasteiger partial charge in [-0.25, -0.2) is 9.18 Å². The molecule has 13 heteroatoms. The fourth-order valence-electron chi connectivity index (χ4n) is 12.2. The number of aromatic nitrogens is 3. The quantitative estimate of drug-likeness (QED) is 0.0626. The molecule has 1 saturated carbocycles. The molecule has 4 aromatic rings. The van der Waals surface area contributed by atoms with Crippen LogP contribution in [-0.4, -0.2) is 109 Å². The van der Waals surface area contributed by atoms with Crippen LogP contribution in [0.15, 0.2) is 48.7 Å². The Morgan fingerprint density at radius 1 is 1.02 bits per heavy atom. The second-order valence-corrected chi connectivity index (χ2v) is 27.3. The Hall–Kier alpha value is -4.77. The van der Waals surface area contributed by atoms with Gasteiger partial charge in [-0.3, -0.25) is 14.8 Å². The minimum absolute atomic E-state index is 0.0250. The largest absolute Gasteiger partial charge is 0.468 e. The van der Waals surface area contributed by atoms with Crippen LogP contribution >= 0.6 is 0 Å². The minimum atomic E-state index is -2.13. The van der Waals surface area contributed by atoms with Crippen LogP contribution in [0.5, 0.6) is 11.8 Å². The van der Waals surface area contributed by atoms with Crippen molar-refractivity contribution < 1.29 is 28.1 Å². The first-order chi connectivity index (χ1) is 30.9. The molecule has 65 heavy (non-hydrogen) atoms. The van der Waals surface area contributed by atoms with Gasteiger partial charge in [0.25, 0.3) is 0 Å². The molecule has 1 amide bonds. The summed E-state index contributed by atoms with van der Waals surface area (Å²) in [6.45, 7) is 27.2. The fourth-order valence-corrected chi connectivity index (χ4v) is 17.5. The van der Waals surface area contributed by atoms with E-state index in [9.17, 15) is 4.79 Å². The Balaban J connectivity index is 1.18. The number of ether oxygens (including phenoxy) is 4. The van der Waals surface area contributed by atoms with Crippen molar-refractivity contribution in [1.82, 2.24) is 24.8 Å². The highest BCUT2D eigenvalue weighted by Gasteiger charge is 2.61. The van der Waals surface area contributed by atoms with E-state index in [1.807, 2.05) is 56.0 Å². The van der Waals surface area contributed by atoms with Gasteiger partial charge in [-0.1, -0.05) is 71.7 Å². The van der Waals surface area contributed by atoms with Gasteiger partial charge in [-0.15, -0.1) is 5.54 Å². The monoisotopic (exact) mass is 902 g/mol. The van der Waals surface area contributed by atoms with E-state index in [0.29, 0.717) is 64.3 Å². The van der Waals surface area contributed by atoms with Crippen LogP contribution < -0.4 is 14.4 Å². The van der Waals surface area contributed by atoms with Crippen molar-refractivity contribution in [2.24, 2.45) is 5.41 Å². The standard InChI is InChI=1S/C52H67FN6O5Si/c1-32(2)65(33(3)4,34(5)6)20-17-36-13-12-14-37-21-40(63-31-61-11)22-41(43(36)37)45-44(53)46-42(24-54-45)47(57-26-38-15-16-39(27-57)59(38)49(60)64-50(8,9)10)56-48(55-46)62-30-52-23-35(7)25-58(52)29-51(28-52)18-19-51/h12-14,21-22,24,32-34,38-39H,7,15-16,18-19,23,25-31H2,1-6,8-11H3/t38-,39+,52?. The number of hydrogen-bond donors (Lipinski definition) is 0. The minimum Gasteiger partial charge on any atom is -0.468 e. The lowest BCUT2D eigenvalue weighted by Gasteiger charge is -2.42. The number of carbonyl (C=O) groups is 1. The molecule has 11 nitrogen and oxygen atoms in total.